The van der Waals surface area contributed by atoms with E-state index in [2.05, 4.69) is 66.7 Å². The molecule has 2 rings (SSSR count). The van der Waals surface area contributed by atoms with Crippen LogP contribution in [0.4, 0.5) is 0 Å². The molecule has 2 aromatic carbocycles. The Labute approximate surface area is 97.3 Å². The van der Waals surface area contributed by atoms with Gasteiger partial charge in [-0.05, 0) is 24.0 Å². The first-order valence-corrected chi connectivity index (χ1v) is 5.71. The van der Waals surface area contributed by atoms with E-state index in [0.29, 0.717) is 0 Å². The highest BCUT2D eigenvalue weighted by Crippen LogP contribution is 2.05. The fraction of sp³-hybridized carbons (Fsp3) is 0.125. The number of hydrogen-bond donors (Lipinski definition) is 0. The van der Waals surface area contributed by atoms with Crippen molar-refractivity contribution in [2.45, 2.75) is 12.8 Å². The van der Waals surface area contributed by atoms with E-state index < -0.39 is 0 Å². The van der Waals surface area contributed by atoms with Crippen LogP contribution < -0.4 is 0 Å². The molecule has 0 radical (unpaired) electrons. The van der Waals surface area contributed by atoms with Crippen molar-refractivity contribution in [3.05, 3.63) is 77.9 Å². The summed E-state index contributed by atoms with van der Waals surface area (Å²) in [7, 11) is 0. The maximum atomic E-state index is 2.24. The van der Waals surface area contributed by atoms with E-state index in [0.717, 1.165) is 12.8 Å². The minimum absolute atomic E-state index is 1.10. The predicted octanol–water partition coefficient (Wildman–Crippen LogP) is 4.33. The molecular formula is C16H16. The van der Waals surface area contributed by atoms with Crippen LogP contribution in [0.3, 0.4) is 0 Å². The van der Waals surface area contributed by atoms with Crippen LogP contribution in [-0.2, 0) is 6.42 Å². The molecule has 0 atom stereocenters. The number of rotatable bonds is 4. The van der Waals surface area contributed by atoms with Crippen LogP contribution in [0, 0.1) is 0 Å². The third-order valence-corrected chi connectivity index (χ3v) is 2.55. The molecule has 0 saturated carbocycles. The summed E-state index contributed by atoms with van der Waals surface area (Å²) >= 11 is 0. The SMILES string of the molecule is C(=C/c1ccccc1)/CCc1ccccc1. The average Bonchev–Trinajstić information content (AvgIpc) is 2.37. The first kappa shape index (κ1) is 10.7. The summed E-state index contributed by atoms with van der Waals surface area (Å²) in [6.45, 7) is 0. The monoisotopic (exact) mass is 208 g/mol. The third kappa shape index (κ3) is 3.39. The second kappa shape index (κ2) is 5.92. The summed E-state index contributed by atoms with van der Waals surface area (Å²) in [6, 6.07) is 21.0. The number of aryl methyl sites for hydroxylation is 1. The highest BCUT2D eigenvalue weighted by atomic mass is 13.9. The van der Waals surface area contributed by atoms with Crippen LogP contribution in [-0.4, -0.2) is 0 Å². The minimum Gasteiger partial charge on any atom is -0.0836 e. The largest absolute Gasteiger partial charge is 0.0836 e. The molecule has 2 aromatic rings. The molecule has 0 unspecified atom stereocenters. The van der Waals surface area contributed by atoms with Gasteiger partial charge in [-0.1, -0.05) is 72.8 Å². The van der Waals surface area contributed by atoms with Crippen molar-refractivity contribution in [2.24, 2.45) is 0 Å². The molecule has 0 aromatic heterocycles. The lowest BCUT2D eigenvalue weighted by Gasteiger charge is -1.96. The smallest absolute Gasteiger partial charge is 0.0244 e. The van der Waals surface area contributed by atoms with Crippen LogP contribution in [0.2, 0.25) is 0 Å². The van der Waals surface area contributed by atoms with E-state index in [1.54, 1.807) is 0 Å². The summed E-state index contributed by atoms with van der Waals surface area (Å²) in [5.74, 6) is 0. The normalized spacial score (nSPS) is 10.8. The van der Waals surface area contributed by atoms with Crippen molar-refractivity contribution in [3.63, 3.8) is 0 Å². The van der Waals surface area contributed by atoms with Crippen molar-refractivity contribution < 1.29 is 0 Å². The van der Waals surface area contributed by atoms with Gasteiger partial charge < -0.3 is 0 Å². The summed E-state index contributed by atoms with van der Waals surface area (Å²) in [4.78, 5) is 0. The minimum atomic E-state index is 1.10. The Bertz CT molecular complexity index is 426. The highest BCUT2D eigenvalue weighted by molar-refractivity contribution is 5.48. The zero-order valence-electron chi connectivity index (χ0n) is 9.34. The van der Waals surface area contributed by atoms with Crippen molar-refractivity contribution in [2.75, 3.05) is 0 Å². The van der Waals surface area contributed by atoms with Crippen LogP contribution >= 0.6 is 0 Å². The summed E-state index contributed by atoms with van der Waals surface area (Å²) in [6.07, 6.45) is 6.63. The lowest BCUT2D eigenvalue weighted by molar-refractivity contribution is 1.01. The van der Waals surface area contributed by atoms with Crippen molar-refractivity contribution in [1.82, 2.24) is 0 Å². The molecule has 0 fully saturated rings. The van der Waals surface area contributed by atoms with E-state index in [-0.39, 0.29) is 0 Å². The lowest BCUT2D eigenvalue weighted by Crippen LogP contribution is -1.81. The van der Waals surface area contributed by atoms with Crippen LogP contribution in [0.25, 0.3) is 6.08 Å². The number of allylic oxidation sites excluding steroid dienone is 1. The third-order valence-electron chi connectivity index (χ3n) is 2.55. The Morgan fingerprint density at radius 1 is 0.750 bits per heavy atom. The molecule has 0 heteroatoms. The zero-order valence-corrected chi connectivity index (χ0v) is 9.34. The van der Waals surface area contributed by atoms with Gasteiger partial charge in [-0.3, -0.25) is 0 Å². The quantitative estimate of drug-likeness (QED) is 0.701. The van der Waals surface area contributed by atoms with Gasteiger partial charge >= 0.3 is 0 Å². The second-order valence-corrected chi connectivity index (χ2v) is 3.84. The molecule has 0 bridgehead atoms. The van der Waals surface area contributed by atoms with Gasteiger partial charge in [0.2, 0.25) is 0 Å². The fourth-order valence-corrected chi connectivity index (χ4v) is 1.68. The maximum Gasteiger partial charge on any atom is -0.0244 e. The Balaban J connectivity index is 1.83. The van der Waals surface area contributed by atoms with Crippen LogP contribution in [0.15, 0.2) is 66.7 Å². The molecule has 0 aliphatic heterocycles. The molecule has 16 heavy (non-hydrogen) atoms. The summed E-state index contributed by atoms with van der Waals surface area (Å²) < 4.78 is 0. The first-order valence-electron chi connectivity index (χ1n) is 5.71. The number of benzene rings is 2. The molecule has 0 saturated heterocycles. The second-order valence-electron chi connectivity index (χ2n) is 3.84. The topological polar surface area (TPSA) is 0 Å². The number of hydrogen-bond acceptors (Lipinski definition) is 0. The molecule has 0 aliphatic carbocycles. The van der Waals surface area contributed by atoms with Gasteiger partial charge in [-0.2, -0.15) is 0 Å². The van der Waals surface area contributed by atoms with E-state index in [1.807, 2.05) is 6.07 Å². The molecule has 0 aliphatic rings. The molecule has 0 spiro atoms. The maximum absolute atomic E-state index is 2.24. The Morgan fingerprint density at radius 3 is 2.06 bits per heavy atom. The van der Waals surface area contributed by atoms with Crippen molar-refractivity contribution in [3.8, 4) is 0 Å². The fourth-order valence-electron chi connectivity index (χ4n) is 1.68. The average molecular weight is 208 g/mol. The van der Waals surface area contributed by atoms with Gasteiger partial charge in [0.05, 0.1) is 0 Å². The lowest BCUT2D eigenvalue weighted by atomic mass is 10.1. The van der Waals surface area contributed by atoms with Crippen molar-refractivity contribution in [1.29, 1.82) is 0 Å². The summed E-state index contributed by atoms with van der Waals surface area (Å²) in [5, 5.41) is 0. The van der Waals surface area contributed by atoms with Gasteiger partial charge in [0.25, 0.3) is 0 Å². The van der Waals surface area contributed by atoms with E-state index in [4.69, 9.17) is 0 Å². The molecule has 0 heterocycles. The van der Waals surface area contributed by atoms with Gasteiger partial charge in [0.15, 0.2) is 0 Å². The van der Waals surface area contributed by atoms with Crippen molar-refractivity contribution >= 4 is 6.08 Å². The standard InChI is InChI=1S/C16H16/c1-3-9-15(10-4-1)13-7-8-14-16-11-5-2-6-12-16/h1-7,9-13H,8,14H2/b13-7-. The molecule has 0 N–H and O–H groups in total. The zero-order chi connectivity index (χ0) is 11.1. The van der Waals surface area contributed by atoms with Crippen LogP contribution in [0.5, 0.6) is 0 Å². The van der Waals surface area contributed by atoms with Gasteiger partial charge in [-0.15, -0.1) is 0 Å². The van der Waals surface area contributed by atoms with E-state index in [1.165, 1.54) is 11.1 Å². The molecule has 0 amide bonds. The van der Waals surface area contributed by atoms with E-state index >= 15 is 0 Å². The summed E-state index contributed by atoms with van der Waals surface area (Å²) in [5.41, 5.74) is 2.68. The Morgan fingerprint density at radius 2 is 1.38 bits per heavy atom. The molecule has 0 nitrogen and oxygen atoms in total. The Kier molecular flexibility index (Phi) is 3.95. The van der Waals surface area contributed by atoms with Gasteiger partial charge in [-0.25, -0.2) is 0 Å². The molecular weight excluding hydrogens is 192 g/mol. The van der Waals surface area contributed by atoms with Crippen LogP contribution in [0.1, 0.15) is 17.5 Å². The predicted molar refractivity (Wildman–Crippen MR) is 70.2 cm³/mol. The first-order chi connectivity index (χ1) is 7.95. The Hall–Kier alpha value is -1.82. The molecule has 80 valence electrons. The van der Waals surface area contributed by atoms with Gasteiger partial charge in [0, 0.05) is 0 Å². The highest BCUT2D eigenvalue weighted by Gasteiger charge is 1.88. The van der Waals surface area contributed by atoms with E-state index in [9.17, 15) is 0 Å². The van der Waals surface area contributed by atoms with Gasteiger partial charge in [0.1, 0.15) is 0 Å².